The Kier molecular flexibility index (Phi) is 19.4. The van der Waals surface area contributed by atoms with Crippen LogP contribution < -0.4 is 18.9 Å². The Bertz CT molecular complexity index is 2870. The van der Waals surface area contributed by atoms with Crippen LogP contribution in [0.3, 0.4) is 0 Å². The van der Waals surface area contributed by atoms with Gasteiger partial charge in [-0.3, -0.25) is 9.13 Å². The van der Waals surface area contributed by atoms with E-state index in [2.05, 4.69) is 60.3 Å². The first-order valence-electron chi connectivity index (χ1n) is 23.7. The second-order valence-electron chi connectivity index (χ2n) is 17.7. The van der Waals surface area contributed by atoms with E-state index in [1.807, 2.05) is 0 Å². The maximum absolute atomic E-state index is 13.7. The van der Waals surface area contributed by atoms with E-state index < -0.39 is 53.9 Å². The lowest BCUT2D eigenvalue weighted by atomic mass is 10.1. The Balaban J connectivity index is 0.000000221. The van der Waals surface area contributed by atoms with Gasteiger partial charge < -0.3 is 37.9 Å². The number of aromatic nitrogens is 14. The first-order chi connectivity index (χ1) is 36.5. The molecule has 2 aliphatic carbocycles. The second kappa shape index (κ2) is 25.5. The molecule has 0 spiro atoms. The number of ether oxygens (including phenoxy) is 8. The minimum Gasteiger partial charge on any atom is -0.479 e. The number of hydrogen-bond acceptors (Lipinski definition) is 24. The Morgan fingerprint density at radius 3 is 1.12 bits per heavy atom. The van der Waals surface area contributed by atoms with Crippen LogP contribution in [0.1, 0.15) is 111 Å². The van der Waals surface area contributed by atoms with Crippen molar-refractivity contribution in [1.29, 1.82) is 0 Å². The molecule has 0 amide bonds. The third kappa shape index (κ3) is 12.6. The molecule has 412 valence electrons. The summed E-state index contributed by atoms with van der Waals surface area (Å²) in [6.45, 7) is 3.08. The van der Waals surface area contributed by atoms with Crippen molar-refractivity contribution in [3.05, 3.63) is 82.4 Å². The minimum atomic E-state index is -3.89. The molecule has 2 fully saturated rings. The Hall–Kier alpha value is -5.88. The molecule has 2 aliphatic rings. The van der Waals surface area contributed by atoms with Crippen LogP contribution in [0.4, 0.5) is 0 Å². The molecule has 0 aromatic carbocycles. The summed E-state index contributed by atoms with van der Waals surface area (Å²) in [6, 6.07) is 0. The van der Waals surface area contributed by atoms with Crippen molar-refractivity contribution < 1.29 is 54.7 Å². The van der Waals surface area contributed by atoms with Crippen LogP contribution in [0.2, 0.25) is 10.0 Å². The molecular weight excluding hydrogens is 1080 g/mol. The minimum absolute atomic E-state index is 0.0369. The van der Waals surface area contributed by atoms with Crippen LogP contribution in [0.15, 0.2) is 37.4 Å². The van der Waals surface area contributed by atoms with Gasteiger partial charge in [-0.05, 0) is 52.4 Å². The van der Waals surface area contributed by atoms with E-state index in [9.17, 15) is 16.8 Å². The van der Waals surface area contributed by atoms with Crippen LogP contribution in [0, 0.1) is 0 Å². The fourth-order valence-electron chi connectivity index (χ4n) is 9.27. The van der Waals surface area contributed by atoms with Gasteiger partial charge in [0.15, 0.2) is 54.3 Å². The normalized spacial score (nSPS) is 19.3. The molecule has 30 heteroatoms. The predicted octanol–water partition coefficient (Wildman–Crippen LogP) is 4.98. The summed E-state index contributed by atoms with van der Waals surface area (Å²) in [6.07, 6.45) is 11.1. The van der Waals surface area contributed by atoms with Crippen LogP contribution in [-0.2, 0) is 50.1 Å². The molecule has 0 unspecified atom stereocenters. The molecule has 6 aromatic heterocycles. The molecule has 76 heavy (non-hydrogen) atoms. The van der Waals surface area contributed by atoms with Gasteiger partial charge in [-0.1, -0.05) is 23.2 Å². The van der Waals surface area contributed by atoms with Crippen LogP contribution >= 0.6 is 23.2 Å². The topological polar surface area (TPSA) is 307 Å². The first kappa shape index (κ1) is 57.8. The number of sulfone groups is 2. The number of nitrogens with zero attached hydrogens (tertiary/aromatic N) is 14. The van der Waals surface area contributed by atoms with E-state index in [0.29, 0.717) is 45.9 Å². The number of halogens is 2. The summed E-state index contributed by atoms with van der Waals surface area (Å²) in [5.41, 5.74) is 0.640. The van der Waals surface area contributed by atoms with Crippen molar-refractivity contribution in [1.82, 2.24) is 69.4 Å². The van der Waals surface area contributed by atoms with Crippen LogP contribution in [0.25, 0.3) is 11.4 Å². The van der Waals surface area contributed by atoms with Crippen molar-refractivity contribution in [2.75, 3.05) is 56.9 Å². The molecule has 8 atom stereocenters. The SMILES string of the molecule is COc1ncnc(OC)c1-n1c(CS(=O)(=O)[C@@H](C)[C@H](OC)c2ncc(Cl)cn2)nnc1[C@@H]1CC[C@@H](OC)C1.COc1ncnc(OC)c1-n1c(CS(=O)(=O)[C@@H](C)[C@H](OC)c2ncc(Cl)cn2)nnc1[C@H]1CC[C@H](OC)C1. The van der Waals surface area contributed by atoms with Gasteiger partial charge in [0.05, 0.1) is 61.2 Å². The van der Waals surface area contributed by atoms with Crippen molar-refractivity contribution >= 4 is 42.9 Å². The highest BCUT2D eigenvalue weighted by atomic mass is 35.5. The van der Waals surface area contributed by atoms with E-state index >= 15 is 0 Å². The summed E-state index contributed by atoms with van der Waals surface area (Å²) in [5.74, 6) is 1.59. The van der Waals surface area contributed by atoms with Gasteiger partial charge in [0.25, 0.3) is 0 Å². The summed E-state index contributed by atoms with van der Waals surface area (Å²) in [7, 11) is 4.20. The highest BCUT2D eigenvalue weighted by Crippen LogP contribution is 2.42. The zero-order chi connectivity index (χ0) is 54.9. The second-order valence-corrected chi connectivity index (χ2v) is 23.3. The first-order valence-corrected chi connectivity index (χ1v) is 27.9. The zero-order valence-electron chi connectivity index (χ0n) is 43.5. The van der Waals surface area contributed by atoms with Gasteiger partial charge in [0, 0.05) is 65.1 Å². The van der Waals surface area contributed by atoms with Crippen molar-refractivity contribution in [3.8, 4) is 34.9 Å². The lowest BCUT2D eigenvalue weighted by molar-refractivity contribution is 0.0947. The van der Waals surface area contributed by atoms with Gasteiger partial charge >= 0.3 is 0 Å². The van der Waals surface area contributed by atoms with Gasteiger partial charge in [-0.2, -0.15) is 19.9 Å². The molecule has 0 bridgehead atoms. The van der Waals surface area contributed by atoms with Crippen molar-refractivity contribution in [2.45, 2.75) is 111 Å². The number of methoxy groups -OCH3 is 8. The molecule has 0 saturated heterocycles. The fourth-order valence-corrected chi connectivity index (χ4v) is 12.3. The van der Waals surface area contributed by atoms with E-state index in [1.165, 1.54) is 93.9 Å². The third-order valence-corrected chi connectivity index (χ3v) is 17.8. The molecule has 6 aromatic rings. The standard InChI is InChI=1S/2C23H30ClN7O6S/c2*1-13(19(35-3)20-25-9-15(24)10-26-20)38(32,33)11-17-29-30-21(14-6-7-16(8-14)34-2)31(17)18-22(36-4)27-12-28-23(18)37-5/h2*9-10,12-14,16,19H,6-8,11H2,1-5H3/t13-,14+,16+,19-;13-,14-,16-,19-/m00/s1. The lowest BCUT2D eigenvalue weighted by Gasteiger charge is -2.22. The Labute approximate surface area is 449 Å². The fraction of sp³-hybridized carbons (Fsp3) is 0.565. The van der Waals surface area contributed by atoms with E-state index in [-0.39, 0.29) is 70.9 Å². The van der Waals surface area contributed by atoms with E-state index in [4.69, 9.17) is 61.1 Å². The molecule has 0 aliphatic heterocycles. The van der Waals surface area contributed by atoms with Crippen LogP contribution in [0.5, 0.6) is 23.5 Å². The van der Waals surface area contributed by atoms with Crippen molar-refractivity contribution in [2.24, 2.45) is 0 Å². The Morgan fingerprint density at radius 1 is 0.513 bits per heavy atom. The molecule has 2 saturated carbocycles. The average Bonchev–Trinajstić information content (AvgIpc) is 4.27. The molecule has 0 radical (unpaired) electrons. The van der Waals surface area contributed by atoms with E-state index in [0.717, 1.165) is 25.7 Å². The highest BCUT2D eigenvalue weighted by molar-refractivity contribution is 7.91. The molecular formula is C46H60Cl2N14O12S2. The monoisotopic (exact) mass is 1130 g/mol. The average molecular weight is 1140 g/mol. The van der Waals surface area contributed by atoms with Gasteiger partial charge in [0.2, 0.25) is 23.5 Å². The summed E-state index contributed by atoms with van der Waals surface area (Å²) in [4.78, 5) is 33.4. The maximum atomic E-state index is 13.7. The molecule has 8 rings (SSSR count). The van der Waals surface area contributed by atoms with Crippen molar-refractivity contribution in [3.63, 3.8) is 0 Å². The molecule has 0 N–H and O–H groups in total. The van der Waals surface area contributed by atoms with Crippen LogP contribution in [-0.4, -0.2) is 166 Å². The van der Waals surface area contributed by atoms with E-state index in [1.54, 1.807) is 23.4 Å². The van der Waals surface area contributed by atoms with Gasteiger partial charge in [-0.15, -0.1) is 20.4 Å². The van der Waals surface area contributed by atoms with Gasteiger partial charge in [-0.25, -0.2) is 36.8 Å². The smallest absolute Gasteiger partial charge is 0.245 e. The maximum Gasteiger partial charge on any atom is 0.245 e. The summed E-state index contributed by atoms with van der Waals surface area (Å²) >= 11 is 11.8. The number of hydrogen-bond donors (Lipinski definition) is 0. The highest BCUT2D eigenvalue weighted by Gasteiger charge is 2.40. The summed E-state index contributed by atoms with van der Waals surface area (Å²) < 4.78 is 102. The zero-order valence-corrected chi connectivity index (χ0v) is 46.6. The third-order valence-electron chi connectivity index (χ3n) is 13.4. The summed E-state index contributed by atoms with van der Waals surface area (Å²) in [5, 5.41) is 16.1. The van der Waals surface area contributed by atoms with Gasteiger partial charge in [0.1, 0.15) is 48.0 Å². The molecule has 26 nitrogen and oxygen atoms in total. The quantitative estimate of drug-likeness (QED) is 0.0865. The lowest BCUT2D eigenvalue weighted by Crippen LogP contribution is -2.30. The molecule has 6 heterocycles. The Morgan fingerprint density at radius 2 is 0.842 bits per heavy atom. The number of rotatable bonds is 22. The predicted molar refractivity (Wildman–Crippen MR) is 273 cm³/mol. The largest absolute Gasteiger partial charge is 0.479 e.